The third-order valence-electron chi connectivity index (χ3n) is 5.79. The molecule has 1 saturated heterocycles. The molecule has 4 nitrogen and oxygen atoms in total. The van der Waals surface area contributed by atoms with Gasteiger partial charge in [-0.25, -0.2) is 0 Å². The number of carbonyl (C=O) groups is 1. The van der Waals surface area contributed by atoms with Gasteiger partial charge in [-0.15, -0.1) is 0 Å². The Morgan fingerprint density at radius 3 is 2.42 bits per heavy atom. The van der Waals surface area contributed by atoms with Gasteiger partial charge in [0.05, 0.1) is 17.3 Å². The standard InChI is InChI=1S/C22H25N3O/c23-16-18-12-13-21(20-11-5-4-10-19(18)20)24-14-6-7-15-25(24)22(26)17-8-2-1-3-9-17/h4-5,10-13,17H,1-3,6-9,14-15H2. The summed E-state index contributed by atoms with van der Waals surface area (Å²) in [4.78, 5) is 13.2. The minimum Gasteiger partial charge on any atom is -0.282 e. The number of fused-ring (bicyclic) bond motifs is 1. The monoisotopic (exact) mass is 347 g/mol. The van der Waals surface area contributed by atoms with Gasteiger partial charge >= 0.3 is 0 Å². The van der Waals surface area contributed by atoms with Crippen LogP contribution in [0.25, 0.3) is 10.8 Å². The molecular weight excluding hydrogens is 322 g/mol. The van der Waals surface area contributed by atoms with E-state index < -0.39 is 0 Å². The molecular formula is C22H25N3O. The number of anilines is 1. The maximum Gasteiger partial charge on any atom is 0.244 e. The van der Waals surface area contributed by atoms with Crippen molar-refractivity contribution >= 4 is 22.4 Å². The van der Waals surface area contributed by atoms with E-state index in [2.05, 4.69) is 17.1 Å². The molecule has 2 aromatic carbocycles. The van der Waals surface area contributed by atoms with Gasteiger partial charge in [-0.05, 0) is 37.8 Å². The SMILES string of the molecule is N#Cc1ccc(N2CCCCN2C(=O)C2CCCCC2)c2ccccc12. The number of hydrazine groups is 1. The second kappa shape index (κ2) is 7.37. The molecule has 4 heteroatoms. The van der Waals surface area contributed by atoms with Crippen LogP contribution in [-0.4, -0.2) is 24.0 Å². The van der Waals surface area contributed by atoms with Gasteiger partial charge in [0, 0.05) is 29.8 Å². The van der Waals surface area contributed by atoms with E-state index >= 15 is 0 Å². The number of hydrogen-bond acceptors (Lipinski definition) is 3. The molecule has 0 atom stereocenters. The number of rotatable bonds is 2. The minimum atomic E-state index is 0.175. The fraction of sp³-hybridized carbons (Fsp3) is 0.455. The molecule has 0 radical (unpaired) electrons. The number of nitrogens with zero attached hydrogens (tertiary/aromatic N) is 3. The van der Waals surface area contributed by atoms with Gasteiger partial charge in [-0.1, -0.05) is 43.5 Å². The molecule has 2 aliphatic rings. The second-order valence-corrected chi connectivity index (χ2v) is 7.42. The maximum atomic E-state index is 13.2. The highest BCUT2D eigenvalue weighted by molar-refractivity contribution is 5.98. The molecule has 1 aliphatic carbocycles. The Labute approximate surface area is 155 Å². The highest BCUT2D eigenvalue weighted by Crippen LogP contribution is 2.34. The van der Waals surface area contributed by atoms with E-state index in [-0.39, 0.29) is 11.8 Å². The van der Waals surface area contributed by atoms with Crippen molar-refractivity contribution in [1.82, 2.24) is 5.01 Å². The Kier molecular flexibility index (Phi) is 4.79. The summed E-state index contributed by atoms with van der Waals surface area (Å²) in [5.41, 5.74) is 1.73. The van der Waals surface area contributed by atoms with E-state index in [9.17, 15) is 10.1 Å². The lowest BCUT2D eigenvalue weighted by molar-refractivity contribution is -0.138. The van der Waals surface area contributed by atoms with Crippen LogP contribution < -0.4 is 5.01 Å². The Morgan fingerprint density at radius 1 is 0.923 bits per heavy atom. The van der Waals surface area contributed by atoms with Crippen LogP contribution in [0.1, 0.15) is 50.5 Å². The summed E-state index contributed by atoms with van der Waals surface area (Å²) in [5.74, 6) is 0.465. The van der Waals surface area contributed by atoms with Crippen LogP contribution in [0.3, 0.4) is 0 Å². The third kappa shape index (κ3) is 3.03. The normalized spacial score (nSPS) is 18.7. The van der Waals surface area contributed by atoms with Crippen LogP contribution in [0.5, 0.6) is 0 Å². The first-order valence-corrected chi connectivity index (χ1v) is 9.80. The summed E-state index contributed by atoms with van der Waals surface area (Å²) < 4.78 is 0. The molecule has 1 heterocycles. The molecule has 0 N–H and O–H groups in total. The number of hydrogen-bond donors (Lipinski definition) is 0. The van der Waals surface area contributed by atoms with E-state index in [1.807, 2.05) is 35.3 Å². The highest BCUT2D eigenvalue weighted by atomic mass is 16.2. The van der Waals surface area contributed by atoms with Gasteiger partial charge in [0.15, 0.2) is 0 Å². The first-order chi connectivity index (χ1) is 12.8. The molecule has 26 heavy (non-hydrogen) atoms. The lowest BCUT2D eigenvalue weighted by Crippen LogP contribution is -2.53. The molecule has 0 spiro atoms. The van der Waals surface area contributed by atoms with E-state index in [1.54, 1.807) is 0 Å². The van der Waals surface area contributed by atoms with Crippen molar-refractivity contribution in [3.8, 4) is 6.07 Å². The summed E-state index contributed by atoms with van der Waals surface area (Å²) in [6.45, 7) is 1.65. The Balaban J connectivity index is 1.72. The Bertz CT molecular complexity index is 848. The highest BCUT2D eigenvalue weighted by Gasteiger charge is 2.32. The Hall–Kier alpha value is -2.54. The maximum absolute atomic E-state index is 13.2. The smallest absolute Gasteiger partial charge is 0.244 e. The zero-order valence-corrected chi connectivity index (χ0v) is 15.2. The van der Waals surface area contributed by atoms with Crippen molar-refractivity contribution in [2.24, 2.45) is 5.92 Å². The molecule has 0 aromatic heterocycles. The van der Waals surface area contributed by atoms with Gasteiger partial charge in [-0.2, -0.15) is 5.26 Å². The molecule has 1 amide bonds. The fourth-order valence-electron chi connectivity index (χ4n) is 4.41. The molecule has 1 saturated carbocycles. The third-order valence-corrected chi connectivity index (χ3v) is 5.79. The number of nitriles is 1. The number of benzene rings is 2. The van der Waals surface area contributed by atoms with E-state index in [0.717, 1.165) is 55.2 Å². The van der Waals surface area contributed by atoms with Crippen LogP contribution in [0, 0.1) is 17.2 Å². The van der Waals surface area contributed by atoms with Gasteiger partial charge in [0.1, 0.15) is 0 Å². The predicted octanol–water partition coefficient (Wildman–Crippen LogP) is 4.64. The van der Waals surface area contributed by atoms with E-state index in [1.165, 1.54) is 19.3 Å². The lowest BCUT2D eigenvalue weighted by atomic mass is 9.88. The molecule has 2 fully saturated rings. The van der Waals surface area contributed by atoms with Gasteiger partial charge in [0.2, 0.25) is 5.91 Å². The van der Waals surface area contributed by atoms with Crippen molar-refractivity contribution in [1.29, 1.82) is 5.26 Å². The largest absolute Gasteiger partial charge is 0.282 e. The quantitative estimate of drug-likeness (QED) is 0.795. The minimum absolute atomic E-state index is 0.175. The van der Waals surface area contributed by atoms with Gasteiger partial charge < -0.3 is 0 Å². The molecule has 0 bridgehead atoms. The van der Waals surface area contributed by atoms with E-state index in [4.69, 9.17) is 0 Å². The molecule has 1 aliphatic heterocycles. The van der Waals surface area contributed by atoms with E-state index in [0.29, 0.717) is 5.56 Å². The number of carbonyl (C=O) groups excluding carboxylic acids is 1. The lowest BCUT2D eigenvalue weighted by Gasteiger charge is -2.42. The zero-order valence-electron chi connectivity index (χ0n) is 15.2. The average molecular weight is 347 g/mol. The zero-order chi connectivity index (χ0) is 17.9. The predicted molar refractivity (Wildman–Crippen MR) is 104 cm³/mol. The van der Waals surface area contributed by atoms with Crippen LogP contribution in [-0.2, 0) is 4.79 Å². The van der Waals surface area contributed by atoms with Crippen LogP contribution in [0.4, 0.5) is 5.69 Å². The van der Waals surface area contributed by atoms with Gasteiger partial charge in [-0.3, -0.25) is 14.8 Å². The topological polar surface area (TPSA) is 47.3 Å². The molecule has 4 rings (SSSR count). The van der Waals surface area contributed by atoms with Crippen LogP contribution >= 0.6 is 0 Å². The fourth-order valence-corrected chi connectivity index (χ4v) is 4.41. The summed E-state index contributed by atoms with van der Waals surface area (Å²) in [5, 5.41) is 15.6. The van der Waals surface area contributed by atoms with Crippen molar-refractivity contribution in [3.05, 3.63) is 42.0 Å². The summed E-state index contributed by atoms with van der Waals surface area (Å²) in [6, 6.07) is 14.2. The van der Waals surface area contributed by atoms with Crippen LogP contribution in [0.15, 0.2) is 36.4 Å². The first-order valence-electron chi connectivity index (χ1n) is 9.80. The average Bonchev–Trinajstić information content (AvgIpc) is 2.73. The second-order valence-electron chi connectivity index (χ2n) is 7.42. The van der Waals surface area contributed by atoms with Crippen molar-refractivity contribution in [3.63, 3.8) is 0 Å². The summed E-state index contributed by atoms with van der Waals surface area (Å²) >= 11 is 0. The first kappa shape index (κ1) is 16.9. The van der Waals surface area contributed by atoms with Gasteiger partial charge in [0.25, 0.3) is 0 Å². The molecule has 134 valence electrons. The molecule has 0 unspecified atom stereocenters. The van der Waals surface area contributed by atoms with Crippen LogP contribution in [0.2, 0.25) is 0 Å². The molecule has 2 aromatic rings. The van der Waals surface area contributed by atoms with Crippen molar-refractivity contribution in [2.45, 2.75) is 44.9 Å². The summed E-state index contributed by atoms with van der Waals surface area (Å²) in [7, 11) is 0. The number of amides is 1. The van der Waals surface area contributed by atoms with Crippen molar-refractivity contribution < 1.29 is 4.79 Å². The Morgan fingerprint density at radius 2 is 1.65 bits per heavy atom. The van der Waals surface area contributed by atoms with Crippen molar-refractivity contribution in [2.75, 3.05) is 18.1 Å². The summed E-state index contributed by atoms with van der Waals surface area (Å²) in [6.07, 6.45) is 7.79.